The molecule has 2 aliphatic rings. The minimum Gasteiger partial charge on any atom is -0.356 e. The fraction of sp³-hybridized carbons (Fsp3) is 0.632. The van der Waals surface area contributed by atoms with Crippen molar-refractivity contribution in [1.29, 1.82) is 0 Å². The Morgan fingerprint density at radius 1 is 1.36 bits per heavy atom. The van der Waals surface area contributed by atoms with E-state index in [-0.39, 0.29) is 23.2 Å². The third-order valence-corrected chi connectivity index (χ3v) is 5.77. The molecule has 6 heteroatoms. The molecule has 1 aliphatic carbocycles. The Morgan fingerprint density at radius 2 is 2.08 bits per heavy atom. The summed E-state index contributed by atoms with van der Waals surface area (Å²) in [5, 5.41) is 6.30. The predicted octanol–water partition coefficient (Wildman–Crippen LogP) is 3.70. The largest absolute Gasteiger partial charge is 0.416 e. The topological polar surface area (TPSA) is 41.1 Å². The first-order valence-corrected chi connectivity index (χ1v) is 8.97. The number of halogens is 3. The molecule has 1 spiro atoms. The molecule has 1 aromatic carbocycles. The highest BCUT2D eigenvalue weighted by Crippen LogP contribution is 2.58. The highest BCUT2D eigenvalue weighted by Gasteiger charge is 2.57. The number of carbonyl (C=O) groups is 1. The van der Waals surface area contributed by atoms with Crippen molar-refractivity contribution in [2.24, 2.45) is 11.3 Å². The molecule has 2 fully saturated rings. The van der Waals surface area contributed by atoms with Gasteiger partial charge in [0, 0.05) is 12.5 Å². The summed E-state index contributed by atoms with van der Waals surface area (Å²) in [7, 11) is 0. The van der Waals surface area contributed by atoms with Crippen LogP contribution < -0.4 is 10.6 Å². The van der Waals surface area contributed by atoms with Gasteiger partial charge in [0.1, 0.15) is 0 Å². The fourth-order valence-electron chi connectivity index (χ4n) is 3.92. The first-order valence-electron chi connectivity index (χ1n) is 8.97. The van der Waals surface area contributed by atoms with E-state index in [4.69, 9.17) is 0 Å². The third-order valence-electron chi connectivity index (χ3n) is 5.77. The van der Waals surface area contributed by atoms with Crippen molar-refractivity contribution in [3.05, 3.63) is 35.4 Å². The molecule has 3 rings (SSSR count). The van der Waals surface area contributed by atoms with Crippen molar-refractivity contribution in [2.45, 2.75) is 44.7 Å². The van der Waals surface area contributed by atoms with Gasteiger partial charge in [0.25, 0.3) is 0 Å². The van der Waals surface area contributed by atoms with E-state index < -0.39 is 11.7 Å². The van der Waals surface area contributed by atoms with Gasteiger partial charge in [-0.2, -0.15) is 13.2 Å². The average molecular weight is 354 g/mol. The Bertz CT molecular complexity index is 623. The van der Waals surface area contributed by atoms with Crippen molar-refractivity contribution in [3.63, 3.8) is 0 Å². The Morgan fingerprint density at radius 3 is 2.76 bits per heavy atom. The average Bonchev–Trinajstić information content (AvgIpc) is 3.27. The van der Waals surface area contributed by atoms with E-state index in [1.807, 2.05) is 6.92 Å². The number of alkyl halides is 3. The normalized spacial score (nSPS) is 23.3. The van der Waals surface area contributed by atoms with Crippen LogP contribution in [0.5, 0.6) is 0 Å². The maximum absolute atomic E-state index is 12.8. The molecule has 1 saturated heterocycles. The van der Waals surface area contributed by atoms with Crippen LogP contribution in [0.25, 0.3) is 0 Å². The van der Waals surface area contributed by atoms with E-state index in [2.05, 4.69) is 10.6 Å². The Kier molecular flexibility index (Phi) is 5.09. The molecule has 1 heterocycles. The summed E-state index contributed by atoms with van der Waals surface area (Å²) in [6, 6.07) is 5.45. The molecule has 3 nitrogen and oxygen atoms in total. The predicted molar refractivity (Wildman–Crippen MR) is 90.1 cm³/mol. The molecule has 0 radical (unpaired) electrons. The van der Waals surface area contributed by atoms with E-state index in [1.165, 1.54) is 12.1 Å². The first kappa shape index (κ1) is 18.2. The van der Waals surface area contributed by atoms with Gasteiger partial charge in [-0.1, -0.05) is 25.1 Å². The van der Waals surface area contributed by atoms with Crippen LogP contribution in [0.15, 0.2) is 24.3 Å². The molecule has 25 heavy (non-hydrogen) atoms. The van der Waals surface area contributed by atoms with E-state index in [1.54, 1.807) is 6.07 Å². The second-order valence-electron chi connectivity index (χ2n) is 7.47. The van der Waals surface area contributed by atoms with Gasteiger partial charge < -0.3 is 10.6 Å². The fourth-order valence-corrected chi connectivity index (χ4v) is 3.92. The summed E-state index contributed by atoms with van der Waals surface area (Å²) in [4.78, 5) is 12.3. The number of benzene rings is 1. The molecule has 0 bridgehead atoms. The number of hydrogen-bond acceptors (Lipinski definition) is 2. The summed E-state index contributed by atoms with van der Waals surface area (Å²) >= 11 is 0. The molecule has 1 amide bonds. The quantitative estimate of drug-likeness (QED) is 0.846. The second-order valence-corrected chi connectivity index (χ2v) is 7.47. The van der Waals surface area contributed by atoms with Gasteiger partial charge in [-0.3, -0.25) is 4.79 Å². The van der Waals surface area contributed by atoms with Crippen molar-refractivity contribution in [3.8, 4) is 0 Å². The number of hydrogen-bond donors (Lipinski definition) is 2. The summed E-state index contributed by atoms with van der Waals surface area (Å²) in [6.07, 6.45) is -0.589. The van der Waals surface area contributed by atoms with E-state index in [0.29, 0.717) is 18.5 Å². The smallest absolute Gasteiger partial charge is 0.356 e. The van der Waals surface area contributed by atoms with Crippen LogP contribution in [0.3, 0.4) is 0 Å². The number of amides is 1. The monoisotopic (exact) mass is 354 g/mol. The van der Waals surface area contributed by atoms with Crippen LogP contribution in [-0.2, 0) is 11.0 Å². The summed E-state index contributed by atoms with van der Waals surface area (Å²) in [6.45, 7) is 4.36. The zero-order valence-corrected chi connectivity index (χ0v) is 14.5. The molecule has 1 aromatic rings. The van der Waals surface area contributed by atoms with Gasteiger partial charge in [0.05, 0.1) is 5.56 Å². The Balaban J connectivity index is 1.47. The van der Waals surface area contributed by atoms with Crippen LogP contribution in [0.4, 0.5) is 13.2 Å². The molecule has 1 saturated carbocycles. The number of carbonyl (C=O) groups excluding carboxylic acids is 1. The molecular formula is C19H25F3N2O. The van der Waals surface area contributed by atoms with Gasteiger partial charge in [-0.15, -0.1) is 0 Å². The van der Waals surface area contributed by atoms with Crippen molar-refractivity contribution < 1.29 is 18.0 Å². The summed E-state index contributed by atoms with van der Waals surface area (Å²) < 4.78 is 38.4. The van der Waals surface area contributed by atoms with E-state index in [9.17, 15) is 18.0 Å². The lowest BCUT2D eigenvalue weighted by Gasteiger charge is -2.23. The van der Waals surface area contributed by atoms with Crippen LogP contribution in [0.1, 0.15) is 49.7 Å². The second kappa shape index (κ2) is 6.98. The summed E-state index contributed by atoms with van der Waals surface area (Å²) in [5.74, 6) is 0.200. The minimum atomic E-state index is -4.32. The molecule has 138 valence electrons. The van der Waals surface area contributed by atoms with Crippen LogP contribution in [0, 0.1) is 11.3 Å². The highest BCUT2D eigenvalue weighted by molar-refractivity contribution is 5.82. The van der Waals surface area contributed by atoms with Crippen molar-refractivity contribution in [1.82, 2.24) is 10.6 Å². The van der Waals surface area contributed by atoms with Crippen LogP contribution >= 0.6 is 0 Å². The number of rotatable bonds is 5. The minimum absolute atomic E-state index is 0.0327. The maximum atomic E-state index is 12.8. The lowest BCUT2D eigenvalue weighted by Crippen LogP contribution is -2.34. The first-order chi connectivity index (χ1) is 11.8. The van der Waals surface area contributed by atoms with Gasteiger partial charge in [-0.05, 0) is 61.7 Å². The van der Waals surface area contributed by atoms with Gasteiger partial charge in [0.2, 0.25) is 5.91 Å². The third kappa shape index (κ3) is 4.17. The van der Waals surface area contributed by atoms with Crippen molar-refractivity contribution >= 4 is 5.91 Å². The van der Waals surface area contributed by atoms with Gasteiger partial charge in [0.15, 0.2) is 0 Å². The number of piperidine rings is 1. The Labute approximate surface area is 146 Å². The molecule has 0 aromatic heterocycles. The van der Waals surface area contributed by atoms with E-state index in [0.717, 1.165) is 38.4 Å². The van der Waals surface area contributed by atoms with Gasteiger partial charge >= 0.3 is 6.18 Å². The van der Waals surface area contributed by atoms with Crippen LogP contribution in [0.2, 0.25) is 0 Å². The molecule has 2 atom stereocenters. The maximum Gasteiger partial charge on any atom is 0.416 e. The lowest BCUT2D eigenvalue weighted by molar-refractivity contribution is -0.137. The molecule has 1 aliphatic heterocycles. The zero-order valence-electron chi connectivity index (χ0n) is 14.5. The molecular weight excluding hydrogens is 329 g/mol. The van der Waals surface area contributed by atoms with Gasteiger partial charge in [-0.25, -0.2) is 0 Å². The standard InChI is InChI=1S/C19H25F3N2O/c1-13(14-3-2-4-15(11-14)19(20,21)22)5-8-24-17(25)16-12-18(16)6-9-23-10-7-18/h2-4,11,13,16,23H,5-10,12H2,1H3,(H,24,25). The summed E-state index contributed by atoms with van der Waals surface area (Å²) in [5.41, 5.74) is 0.249. The van der Waals surface area contributed by atoms with Crippen LogP contribution in [-0.4, -0.2) is 25.5 Å². The van der Waals surface area contributed by atoms with E-state index >= 15 is 0 Å². The Hall–Kier alpha value is -1.56. The zero-order chi connectivity index (χ0) is 18.1. The molecule has 2 N–H and O–H groups in total. The lowest BCUT2D eigenvalue weighted by atomic mass is 9.91. The van der Waals surface area contributed by atoms with Crippen molar-refractivity contribution in [2.75, 3.05) is 19.6 Å². The molecule has 2 unspecified atom stereocenters. The number of nitrogens with one attached hydrogen (secondary N) is 2. The highest BCUT2D eigenvalue weighted by atomic mass is 19.4. The SMILES string of the molecule is CC(CCNC(=O)C1CC12CCNCC2)c1cccc(C(F)(F)F)c1.